The molecule has 0 saturated carbocycles. The molecule has 1 aliphatic heterocycles. The number of nitrogens with zero attached hydrogens (tertiary/aromatic N) is 2. The van der Waals surface area contributed by atoms with Crippen LogP contribution in [0.15, 0.2) is 28.3 Å². The van der Waals surface area contributed by atoms with Crippen molar-refractivity contribution in [1.82, 2.24) is 0 Å². The van der Waals surface area contributed by atoms with Crippen molar-refractivity contribution >= 4 is 28.3 Å². The third-order valence-corrected chi connectivity index (χ3v) is 3.01. The molecule has 15 heavy (non-hydrogen) atoms. The molecule has 2 rings (SSSR count). The van der Waals surface area contributed by atoms with E-state index in [1.54, 1.807) is 0 Å². The maximum absolute atomic E-state index is 11.5. The maximum Gasteiger partial charge on any atom is 0.284 e. The predicted octanol–water partition coefficient (Wildman–Crippen LogP) is 1.67. The molecular formula is C8H4N2O4S. The maximum atomic E-state index is 11.5. The lowest BCUT2D eigenvalue weighted by Gasteiger charge is -1.95. The summed E-state index contributed by atoms with van der Waals surface area (Å²) in [7, 11) is 0. The lowest BCUT2D eigenvalue weighted by molar-refractivity contribution is -0.387. The molecule has 1 aromatic carbocycles. The van der Waals surface area contributed by atoms with Crippen molar-refractivity contribution in [1.29, 1.82) is 0 Å². The fourth-order valence-electron chi connectivity index (χ4n) is 1.28. The zero-order valence-corrected chi connectivity index (χ0v) is 8.02. The standard InChI is InChI=1S/C8H4N2O4S/c11-6-4-2-1-3-5(10(13)14)7(4)15-8(6)9-12/h1-3,12H. The molecule has 0 aliphatic carbocycles. The first-order valence-corrected chi connectivity index (χ1v) is 4.69. The fraction of sp³-hybridized carbons (Fsp3) is 0. The molecule has 1 aliphatic rings. The van der Waals surface area contributed by atoms with Gasteiger partial charge in [0.15, 0.2) is 5.04 Å². The van der Waals surface area contributed by atoms with Gasteiger partial charge in [-0.15, -0.1) is 0 Å². The van der Waals surface area contributed by atoms with Crippen molar-refractivity contribution in [3.8, 4) is 0 Å². The average Bonchev–Trinajstić information content (AvgIpc) is 2.55. The summed E-state index contributed by atoms with van der Waals surface area (Å²) >= 11 is 0.808. The molecule has 0 spiro atoms. The number of carbonyl (C=O) groups is 1. The first-order chi connectivity index (χ1) is 7.15. The highest BCUT2D eigenvalue weighted by Crippen LogP contribution is 2.39. The Morgan fingerprint density at radius 2 is 2.20 bits per heavy atom. The molecule has 0 unspecified atom stereocenters. The van der Waals surface area contributed by atoms with Gasteiger partial charge >= 0.3 is 0 Å². The van der Waals surface area contributed by atoms with E-state index in [2.05, 4.69) is 5.16 Å². The highest BCUT2D eigenvalue weighted by molar-refractivity contribution is 8.16. The molecule has 1 heterocycles. The van der Waals surface area contributed by atoms with E-state index in [1.807, 2.05) is 0 Å². The van der Waals surface area contributed by atoms with E-state index >= 15 is 0 Å². The minimum atomic E-state index is -0.570. The zero-order chi connectivity index (χ0) is 11.0. The number of hydrogen-bond acceptors (Lipinski definition) is 6. The number of fused-ring (bicyclic) bond motifs is 1. The highest BCUT2D eigenvalue weighted by atomic mass is 32.2. The Morgan fingerprint density at radius 1 is 1.47 bits per heavy atom. The Bertz CT molecular complexity index is 497. The second kappa shape index (κ2) is 3.35. The topological polar surface area (TPSA) is 92.8 Å². The minimum Gasteiger partial charge on any atom is -0.410 e. The molecule has 0 radical (unpaired) electrons. The van der Waals surface area contributed by atoms with Gasteiger partial charge in [-0.25, -0.2) is 0 Å². The zero-order valence-electron chi connectivity index (χ0n) is 7.21. The van der Waals surface area contributed by atoms with Crippen LogP contribution in [0.1, 0.15) is 10.4 Å². The first kappa shape index (κ1) is 9.66. The highest BCUT2D eigenvalue weighted by Gasteiger charge is 2.33. The van der Waals surface area contributed by atoms with Crippen LogP contribution in [-0.4, -0.2) is 21.0 Å². The number of hydrogen-bond donors (Lipinski definition) is 1. The van der Waals surface area contributed by atoms with Gasteiger partial charge in [0.05, 0.1) is 4.92 Å². The second-order valence-corrected chi connectivity index (χ2v) is 3.75. The number of nitro benzene ring substituents is 1. The Kier molecular flexibility index (Phi) is 2.16. The van der Waals surface area contributed by atoms with Crippen molar-refractivity contribution in [2.45, 2.75) is 4.90 Å². The molecule has 0 aromatic heterocycles. The van der Waals surface area contributed by atoms with Gasteiger partial charge < -0.3 is 5.21 Å². The van der Waals surface area contributed by atoms with E-state index in [9.17, 15) is 14.9 Å². The second-order valence-electron chi connectivity index (χ2n) is 2.75. The number of nitro groups is 1. The van der Waals surface area contributed by atoms with Crippen LogP contribution >= 0.6 is 11.8 Å². The average molecular weight is 224 g/mol. The molecule has 7 heteroatoms. The minimum absolute atomic E-state index is 0.140. The van der Waals surface area contributed by atoms with Gasteiger partial charge in [0, 0.05) is 11.6 Å². The van der Waals surface area contributed by atoms with Gasteiger partial charge in [-0.2, -0.15) is 0 Å². The number of ketones is 1. The number of carbonyl (C=O) groups excluding carboxylic acids is 1. The molecule has 1 aromatic rings. The SMILES string of the molecule is O=C1C(=NO)Sc2c1cccc2[N+](=O)[O-]. The monoisotopic (exact) mass is 224 g/mol. The van der Waals surface area contributed by atoms with Crippen molar-refractivity contribution in [3.63, 3.8) is 0 Å². The van der Waals surface area contributed by atoms with E-state index in [1.165, 1.54) is 18.2 Å². The molecule has 6 nitrogen and oxygen atoms in total. The van der Waals surface area contributed by atoms with Gasteiger partial charge in [0.25, 0.3) is 5.69 Å². The number of Topliss-reactive ketones (excluding diaryl/α,β-unsaturated/α-hetero) is 1. The van der Waals surface area contributed by atoms with Crippen LogP contribution in [0.5, 0.6) is 0 Å². The molecule has 0 amide bonds. The van der Waals surface area contributed by atoms with Crippen LogP contribution < -0.4 is 0 Å². The summed E-state index contributed by atoms with van der Waals surface area (Å²) in [6.07, 6.45) is 0. The van der Waals surface area contributed by atoms with Gasteiger partial charge in [-0.3, -0.25) is 14.9 Å². The van der Waals surface area contributed by atoms with Crippen molar-refractivity contribution in [2.75, 3.05) is 0 Å². The van der Waals surface area contributed by atoms with Gasteiger partial charge in [-0.05, 0) is 6.07 Å². The van der Waals surface area contributed by atoms with Crippen molar-refractivity contribution in [3.05, 3.63) is 33.9 Å². The third kappa shape index (κ3) is 1.37. The van der Waals surface area contributed by atoms with Gasteiger partial charge in [-0.1, -0.05) is 23.0 Å². The predicted molar refractivity (Wildman–Crippen MR) is 52.5 cm³/mol. The summed E-state index contributed by atoms with van der Waals surface area (Å²) in [6.45, 7) is 0. The Morgan fingerprint density at radius 3 is 2.80 bits per heavy atom. The summed E-state index contributed by atoms with van der Waals surface area (Å²) in [6, 6.07) is 4.20. The number of oxime groups is 1. The third-order valence-electron chi connectivity index (χ3n) is 1.92. The fourth-order valence-corrected chi connectivity index (χ4v) is 2.23. The largest absolute Gasteiger partial charge is 0.410 e. The van der Waals surface area contributed by atoms with Crippen LogP contribution in [-0.2, 0) is 0 Å². The van der Waals surface area contributed by atoms with Crippen LogP contribution in [0.2, 0.25) is 0 Å². The summed E-state index contributed by atoms with van der Waals surface area (Å²) < 4.78 is 0. The van der Waals surface area contributed by atoms with E-state index < -0.39 is 10.7 Å². The molecule has 76 valence electrons. The molecular weight excluding hydrogens is 220 g/mol. The van der Waals surface area contributed by atoms with E-state index in [0.717, 1.165) is 11.8 Å². The summed E-state index contributed by atoms with van der Waals surface area (Å²) in [5.74, 6) is -0.485. The van der Waals surface area contributed by atoms with Crippen LogP contribution in [0.4, 0.5) is 5.69 Å². The van der Waals surface area contributed by atoms with Crippen LogP contribution in [0, 0.1) is 10.1 Å². The van der Waals surface area contributed by atoms with E-state index in [0.29, 0.717) is 0 Å². The van der Waals surface area contributed by atoms with Crippen LogP contribution in [0.25, 0.3) is 0 Å². The van der Waals surface area contributed by atoms with Crippen LogP contribution in [0.3, 0.4) is 0 Å². The summed E-state index contributed by atoms with van der Waals surface area (Å²) in [5, 5.41) is 21.8. The molecule has 0 atom stereocenters. The molecule has 0 saturated heterocycles. The molecule has 1 N–H and O–H groups in total. The number of thioether (sulfide) groups is 1. The molecule has 0 fully saturated rings. The lowest BCUT2D eigenvalue weighted by atomic mass is 10.1. The van der Waals surface area contributed by atoms with E-state index in [4.69, 9.17) is 5.21 Å². The smallest absolute Gasteiger partial charge is 0.284 e. The lowest BCUT2D eigenvalue weighted by Crippen LogP contribution is -2.03. The summed E-state index contributed by atoms with van der Waals surface area (Å²) in [4.78, 5) is 21.8. The van der Waals surface area contributed by atoms with Gasteiger partial charge in [0.2, 0.25) is 5.78 Å². The first-order valence-electron chi connectivity index (χ1n) is 3.87. The Labute approximate surface area is 87.7 Å². The summed E-state index contributed by atoms with van der Waals surface area (Å²) in [5.41, 5.74) is 0.0616. The van der Waals surface area contributed by atoms with Gasteiger partial charge in [0.1, 0.15) is 4.90 Å². The Hall–Kier alpha value is -1.89. The van der Waals surface area contributed by atoms with E-state index in [-0.39, 0.29) is 21.2 Å². The Balaban J connectivity index is 2.63. The number of rotatable bonds is 1. The number of benzene rings is 1. The quantitative estimate of drug-likeness (QED) is 0.445. The normalized spacial score (nSPS) is 16.8. The van der Waals surface area contributed by atoms with Crippen molar-refractivity contribution < 1.29 is 14.9 Å². The van der Waals surface area contributed by atoms with Crippen molar-refractivity contribution in [2.24, 2.45) is 5.16 Å². The molecule has 0 bridgehead atoms.